The molecule has 0 atom stereocenters. The molecule has 2 heterocycles. The van der Waals surface area contributed by atoms with E-state index in [0.29, 0.717) is 25.8 Å². The Balaban J connectivity index is 1.38. The summed E-state index contributed by atoms with van der Waals surface area (Å²) in [5.74, 6) is 0.911. The van der Waals surface area contributed by atoms with Gasteiger partial charge >= 0.3 is 0 Å². The fraction of sp³-hybridized carbons (Fsp3) is 0.471. The quantitative estimate of drug-likeness (QED) is 0.850. The molecule has 0 aliphatic carbocycles. The lowest BCUT2D eigenvalue weighted by Gasteiger charge is -2.15. The molecule has 1 aliphatic heterocycles. The number of imidazole rings is 1. The summed E-state index contributed by atoms with van der Waals surface area (Å²) in [5.41, 5.74) is 1.90. The van der Waals surface area contributed by atoms with Gasteiger partial charge in [0.15, 0.2) is 0 Å². The molecule has 1 fully saturated rings. The van der Waals surface area contributed by atoms with Gasteiger partial charge in [0.1, 0.15) is 5.82 Å². The SMILES string of the molecule is O=C(CCc1nc2ccccc2[nH]1)NCCC(=O)N1CCCC1. The molecule has 1 aromatic heterocycles. The molecule has 1 aliphatic rings. The number of hydrogen-bond donors (Lipinski definition) is 2. The minimum Gasteiger partial charge on any atom is -0.356 e. The number of aromatic amines is 1. The zero-order valence-electron chi connectivity index (χ0n) is 13.2. The molecule has 23 heavy (non-hydrogen) atoms. The van der Waals surface area contributed by atoms with E-state index in [-0.39, 0.29) is 11.8 Å². The fourth-order valence-electron chi connectivity index (χ4n) is 2.88. The highest BCUT2D eigenvalue weighted by Crippen LogP contribution is 2.11. The lowest BCUT2D eigenvalue weighted by molar-refractivity contribution is -0.130. The minimum atomic E-state index is -0.0420. The van der Waals surface area contributed by atoms with Crippen LogP contribution in [0.4, 0.5) is 0 Å². The highest BCUT2D eigenvalue weighted by molar-refractivity contribution is 5.79. The number of carbonyl (C=O) groups is 2. The van der Waals surface area contributed by atoms with Crippen LogP contribution in [0.3, 0.4) is 0 Å². The van der Waals surface area contributed by atoms with Gasteiger partial charge in [0, 0.05) is 38.9 Å². The van der Waals surface area contributed by atoms with Gasteiger partial charge in [-0.25, -0.2) is 4.98 Å². The van der Waals surface area contributed by atoms with Crippen molar-refractivity contribution in [3.05, 3.63) is 30.1 Å². The Morgan fingerprint density at radius 2 is 1.96 bits per heavy atom. The average molecular weight is 314 g/mol. The largest absolute Gasteiger partial charge is 0.356 e. The zero-order chi connectivity index (χ0) is 16.1. The molecule has 6 heteroatoms. The minimum absolute atomic E-state index is 0.0420. The Labute approximate surface area is 135 Å². The van der Waals surface area contributed by atoms with Gasteiger partial charge in [-0.15, -0.1) is 0 Å². The molecular weight excluding hydrogens is 292 g/mol. The van der Waals surface area contributed by atoms with Crippen molar-refractivity contribution in [2.45, 2.75) is 32.1 Å². The maximum atomic E-state index is 11.9. The van der Waals surface area contributed by atoms with Crippen molar-refractivity contribution in [1.82, 2.24) is 20.2 Å². The zero-order valence-corrected chi connectivity index (χ0v) is 13.2. The maximum absolute atomic E-state index is 11.9. The van der Waals surface area contributed by atoms with Gasteiger partial charge in [0.2, 0.25) is 11.8 Å². The van der Waals surface area contributed by atoms with E-state index in [0.717, 1.165) is 42.8 Å². The summed E-state index contributed by atoms with van der Waals surface area (Å²) in [7, 11) is 0. The van der Waals surface area contributed by atoms with E-state index < -0.39 is 0 Å². The van der Waals surface area contributed by atoms with Crippen molar-refractivity contribution in [3.8, 4) is 0 Å². The molecule has 1 saturated heterocycles. The number of benzene rings is 1. The third kappa shape index (κ3) is 4.09. The number of aryl methyl sites for hydroxylation is 1. The standard InChI is InChI=1S/C17H22N4O2/c22-16(18-10-9-17(23)21-11-3-4-12-21)8-7-15-19-13-5-1-2-6-14(13)20-15/h1-2,5-6H,3-4,7-12H2,(H,18,22)(H,19,20). The molecule has 0 saturated carbocycles. The number of likely N-dealkylation sites (tertiary alicyclic amines) is 1. The first-order valence-corrected chi connectivity index (χ1v) is 8.20. The van der Waals surface area contributed by atoms with Gasteiger partial charge in [0.25, 0.3) is 0 Å². The molecule has 0 spiro atoms. The molecule has 122 valence electrons. The van der Waals surface area contributed by atoms with Crippen LogP contribution in [0.25, 0.3) is 11.0 Å². The topological polar surface area (TPSA) is 78.1 Å². The van der Waals surface area contributed by atoms with Crippen LogP contribution in [-0.2, 0) is 16.0 Å². The van der Waals surface area contributed by atoms with Gasteiger partial charge < -0.3 is 15.2 Å². The highest BCUT2D eigenvalue weighted by atomic mass is 16.2. The van der Waals surface area contributed by atoms with Crippen LogP contribution in [0.1, 0.15) is 31.5 Å². The molecule has 2 N–H and O–H groups in total. The fourth-order valence-corrected chi connectivity index (χ4v) is 2.88. The number of H-pyrrole nitrogens is 1. The van der Waals surface area contributed by atoms with Crippen LogP contribution in [0, 0.1) is 0 Å². The summed E-state index contributed by atoms with van der Waals surface area (Å²) in [6, 6.07) is 7.81. The van der Waals surface area contributed by atoms with Crippen LogP contribution in [0.5, 0.6) is 0 Å². The van der Waals surface area contributed by atoms with Crippen molar-refractivity contribution in [1.29, 1.82) is 0 Å². The number of aromatic nitrogens is 2. The summed E-state index contributed by atoms with van der Waals surface area (Å²) in [5, 5.41) is 2.81. The van der Waals surface area contributed by atoms with Crippen molar-refractivity contribution in [3.63, 3.8) is 0 Å². The molecule has 0 bridgehead atoms. The normalized spacial score (nSPS) is 14.3. The van der Waals surface area contributed by atoms with E-state index in [4.69, 9.17) is 0 Å². The van der Waals surface area contributed by atoms with Crippen LogP contribution >= 0.6 is 0 Å². The number of nitrogens with one attached hydrogen (secondary N) is 2. The summed E-state index contributed by atoms with van der Waals surface area (Å²) in [6.07, 6.45) is 3.51. The summed E-state index contributed by atoms with van der Waals surface area (Å²) >= 11 is 0. The Bertz CT molecular complexity index is 656. The number of fused-ring (bicyclic) bond motifs is 1. The van der Waals surface area contributed by atoms with Gasteiger partial charge in [-0.05, 0) is 25.0 Å². The third-order valence-corrected chi connectivity index (χ3v) is 4.15. The van der Waals surface area contributed by atoms with Gasteiger partial charge in [-0.1, -0.05) is 12.1 Å². The number of amides is 2. The Morgan fingerprint density at radius 1 is 1.17 bits per heavy atom. The van der Waals surface area contributed by atoms with Crippen LogP contribution in [-0.4, -0.2) is 46.3 Å². The smallest absolute Gasteiger partial charge is 0.224 e. The third-order valence-electron chi connectivity index (χ3n) is 4.15. The number of para-hydroxylation sites is 2. The molecule has 2 aromatic rings. The van der Waals surface area contributed by atoms with E-state index >= 15 is 0 Å². The molecule has 6 nitrogen and oxygen atoms in total. The molecule has 0 radical (unpaired) electrons. The molecule has 0 unspecified atom stereocenters. The lowest BCUT2D eigenvalue weighted by atomic mass is 10.2. The number of carbonyl (C=O) groups excluding carboxylic acids is 2. The lowest BCUT2D eigenvalue weighted by Crippen LogP contribution is -2.32. The van der Waals surface area contributed by atoms with Crippen molar-refractivity contribution < 1.29 is 9.59 Å². The van der Waals surface area contributed by atoms with Crippen LogP contribution in [0.15, 0.2) is 24.3 Å². The summed E-state index contributed by atoms with van der Waals surface area (Å²) in [4.78, 5) is 33.3. The molecular formula is C17H22N4O2. The second kappa shape index (κ2) is 7.26. The van der Waals surface area contributed by atoms with Gasteiger partial charge in [-0.2, -0.15) is 0 Å². The summed E-state index contributed by atoms with van der Waals surface area (Å²) < 4.78 is 0. The Kier molecular flexibility index (Phi) is 4.90. The van der Waals surface area contributed by atoms with Crippen molar-refractivity contribution in [2.75, 3.05) is 19.6 Å². The molecule has 2 amide bonds. The number of hydrogen-bond acceptors (Lipinski definition) is 3. The Morgan fingerprint density at radius 3 is 2.74 bits per heavy atom. The van der Waals surface area contributed by atoms with E-state index in [1.165, 1.54) is 0 Å². The first-order chi connectivity index (χ1) is 11.2. The first-order valence-electron chi connectivity index (χ1n) is 8.20. The number of rotatable bonds is 6. The monoisotopic (exact) mass is 314 g/mol. The second-order valence-corrected chi connectivity index (χ2v) is 5.89. The van der Waals surface area contributed by atoms with Crippen LogP contribution in [0.2, 0.25) is 0 Å². The van der Waals surface area contributed by atoms with Crippen molar-refractivity contribution >= 4 is 22.8 Å². The molecule has 1 aromatic carbocycles. The first kappa shape index (κ1) is 15.5. The predicted molar refractivity (Wildman–Crippen MR) is 87.9 cm³/mol. The average Bonchev–Trinajstić information content (AvgIpc) is 3.21. The second-order valence-electron chi connectivity index (χ2n) is 5.89. The van der Waals surface area contributed by atoms with E-state index in [9.17, 15) is 9.59 Å². The van der Waals surface area contributed by atoms with Crippen LogP contribution < -0.4 is 5.32 Å². The predicted octanol–water partition coefficient (Wildman–Crippen LogP) is 1.62. The van der Waals surface area contributed by atoms with E-state index in [2.05, 4.69) is 15.3 Å². The number of nitrogens with zero attached hydrogens (tertiary/aromatic N) is 2. The van der Waals surface area contributed by atoms with E-state index in [1.54, 1.807) is 0 Å². The highest BCUT2D eigenvalue weighted by Gasteiger charge is 2.17. The van der Waals surface area contributed by atoms with Crippen molar-refractivity contribution in [2.24, 2.45) is 0 Å². The summed E-state index contributed by atoms with van der Waals surface area (Å²) in [6.45, 7) is 2.13. The van der Waals surface area contributed by atoms with Gasteiger partial charge in [0.05, 0.1) is 11.0 Å². The van der Waals surface area contributed by atoms with E-state index in [1.807, 2.05) is 29.2 Å². The van der Waals surface area contributed by atoms with Gasteiger partial charge in [-0.3, -0.25) is 9.59 Å². The Hall–Kier alpha value is -2.37. The maximum Gasteiger partial charge on any atom is 0.224 e. The molecule has 3 rings (SSSR count).